The van der Waals surface area contributed by atoms with Crippen molar-refractivity contribution in [2.45, 2.75) is 13.5 Å². The van der Waals surface area contributed by atoms with Gasteiger partial charge in [0, 0.05) is 23.1 Å². The fraction of sp³-hybridized carbons (Fsp3) is 0.136. The molecule has 0 radical (unpaired) electrons. The van der Waals surface area contributed by atoms with Gasteiger partial charge >= 0.3 is 5.97 Å². The average Bonchev–Trinajstić information content (AvgIpc) is 2.92. The number of esters is 1. The molecule has 0 aliphatic carbocycles. The van der Waals surface area contributed by atoms with Crippen molar-refractivity contribution in [3.05, 3.63) is 77.5 Å². The predicted molar refractivity (Wildman–Crippen MR) is 103 cm³/mol. The molecule has 4 nitrogen and oxygen atoms in total. The van der Waals surface area contributed by atoms with E-state index in [1.165, 1.54) is 23.4 Å². The fourth-order valence-electron chi connectivity index (χ4n) is 3.63. The van der Waals surface area contributed by atoms with Gasteiger partial charge in [0.2, 0.25) is 0 Å². The van der Waals surface area contributed by atoms with Crippen molar-refractivity contribution in [1.82, 2.24) is 4.57 Å². The number of carbonyl (C=O) groups is 1. The van der Waals surface area contributed by atoms with Gasteiger partial charge in [0.05, 0.1) is 12.7 Å². The number of nitrogens with zero attached hydrogens (tertiary/aromatic N) is 1. The Hall–Kier alpha value is -3.27. The van der Waals surface area contributed by atoms with Crippen LogP contribution in [0.3, 0.4) is 0 Å². The van der Waals surface area contributed by atoms with Crippen molar-refractivity contribution in [2.24, 2.45) is 0 Å². The summed E-state index contributed by atoms with van der Waals surface area (Å²) in [5, 5.41) is 13.0. The van der Waals surface area contributed by atoms with Crippen molar-refractivity contribution in [2.75, 3.05) is 7.11 Å². The van der Waals surface area contributed by atoms with Crippen LogP contribution in [0.5, 0.6) is 5.75 Å². The highest BCUT2D eigenvalue weighted by molar-refractivity contribution is 6.06. The summed E-state index contributed by atoms with van der Waals surface area (Å²) in [6.45, 7) is 2.54. The van der Waals surface area contributed by atoms with Gasteiger partial charge in [-0.25, -0.2) is 4.79 Å². The molecule has 0 atom stereocenters. The molecule has 0 saturated heterocycles. The molecule has 0 saturated carbocycles. The molecule has 0 unspecified atom stereocenters. The zero-order chi connectivity index (χ0) is 18.3. The molecule has 3 aromatic carbocycles. The number of hydrogen-bond donors (Lipinski definition) is 1. The van der Waals surface area contributed by atoms with Crippen LogP contribution in [-0.2, 0) is 11.3 Å². The van der Waals surface area contributed by atoms with E-state index in [1.807, 2.05) is 31.2 Å². The van der Waals surface area contributed by atoms with Crippen LogP contribution in [0.2, 0.25) is 0 Å². The molecule has 0 aliphatic rings. The van der Waals surface area contributed by atoms with Gasteiger partial charge in [-0.2, -0.15) is 0 Å². The highest BCUT2D eigenvalue weighted by Crippen LogP contribution is 2.31. The van der Waals surface area contributed by atoms with Gasteiger partial charge in [-0.3, -0.25) is 0 Å². The maximum absolute atomic E-state index is 12.3. The molecule has 0 aliphatic heterocycles. The minimum atomic E-state index is -0.394. The van der Waals surface area contributed by atoms with Gasteiger partial charge in [-0.15, -0.1) is 0 Å². The normalized spacial score (nSPS) is 11.2. The molecule has 1 aromatic heterocycles. The van der Waals surface area contributed by atoms with Gasteiger partial charge in [0.1, 0.15) is 5.75 Å². The van der Waals surface area contributed by atoms with E-state index in [-0.39, 0.29) is 5.75 Å². The first kappa shape index (κ1) is 16.2. The second-order valence-electron chi connectivity index (χ2n) is 6.38. The Morgan fingerprint density at radius 3 is 2.62 bits per heavy atom. The number of aromatic hydroxyl groups is 1. The van der Waals surface area contributed by atoms with Crippen molar-refractivity contribution in [1.29, 1.82) is 0 Å². The van der Waals surface area contributed by atoms with Crippen LogP contribution in [0.1, 0.15) is 21.6 Å². The van der Waals surface area contributed by atoms with Crippen LogP contribution in [-0.4, -0.2) is 22.8 Å². The number of rotatable bonds is 3. The Labute approximate surface area is 151 Å². The van der Waals surface area contributed by atoms with Crippen LogP contribution in [0.4, 0.5) is 0 Å². The molecule has 4 aromatic rings. The molecule has 130 valence electrons. The summed E-state index contributed by atoms with van der Waals surface area (Å²) in [6, 6.07) is 19.6. The Morgan fingerprint density at radius 2 is 1.81 bits per heavy atom. The first-order chi connectivity index (χ1) is 12.6. The van der Waals surface area contributed by atoms with Crippen molar-refractivity contribution in [3.63, 3.8) is 0 Å². The molecule has 1 N–H and O–H groups in total. The molecule has 4 rings (SSSR count). The maximum atomic E-state index is 12.3. The SMILES string of the molecule is COC(=O)c1c(C)n(Cc2cccc3ccccc23)c2ccc(O)cc12. The van der Waals surface area contributed by atoms with Gasteiger partial charge in [0.15, 0.2) is 0 Å². The highest BCUT2D eigenvalue weighted by Gasteiger charge is 2.21. The number of carbonyl (C=O) groups excluding carboxylic acids is 1. The minimum absolute atomic E-state index is 0.130. The lowest BCUT2D eigenvalue weighted by Gasteiger charge is -2.11. The van der Waals surface area contributed by atoms with Crippen LogP contribution in [0, 0.1) is 6.92 Å². The smallest absolute Gasteiger partial charge is 0.340 e. The number of aromatic nitrogens is 1. The quantitative estimate of drug-likeness (QED) is 0.550. The number of fused-ring (bicyclic) bond motifs is 2. The Morgan fingerprint density at radius 1 is 1.04 bits per heavy atom. The summed E-state index contributed by atoms with van der Waals surface area (Å²) in [7, 11) is 1.37. The molecule has 0 amide bonds. The summed E-state index contributed by atoms with van der Waals surface area (Å²) in [5.41, 5.74) is 3.39. The van der Waals surface area contributed by atoms with Crippen LogP contribution in [0.15, 0.2) is 60.7 Å². The third-order valence-electron chi connectivity index (χ3n) is 4.90. The van der Waals surface area contributed by atoms with E-state index in [0.717, 1.165) is 11.2 Å². The predicted octanol–water partition coefficient (Wildman–Crippen LogP) is 4.64. The zero-order valence-electron chi connectivity index (χ0n) is 14.7. The third-order valence-corrected chi connectivity index (χ3v) is 4.90. The van der Waals surface area contributed by atoms with Crippen molar-refractivity contribution in [3.8, 4) is 5.75 Å². The maximum Gasteiger partial charge on any atom is 0.340 e. The molecule has 4 heteroatoms. The van der Waals surface area contributed by atoms with Crippen molar-refractivity contribution >= 4 is 27.6 Å². The van der Waals surface area contributed by atoms with Gasteiger partial charge in [-0.05, 0) is 41.5 Å². The monoisotopic (exact) mass is 345 g/mol. The summed E-state index contributed by atoms with van der Waals surface area (Å²) in [4.78, 5) is 12.3. The van der Waals surface area contributed by atoms with E-state index in [2.05, 4.69) is 28.8 Å². The number of ether oxygens (including phenoxy) is 1. The van der Waals surface area contributed by atoms with E-state index in [4.69, 9.17) is 4.74 Å². The molecule has 1 heterocycles. The molecule has 0 spiro atoms. The van der Waals surface area contributed by atoms with Gasteiger partial charge < -0.3 is 14.4 Å². The Kier molecular flexibility index (Phi) is 3.88. The first-order valence-electron chi connectivity index (χ1n) is 8.47. The van der Waals surface area contributed by atoms with E-state index >= 15 is 0 Å². The van der Waals surface area contributed by atoms with Gasteiger partial charge in [0.25, 0.3) is 0 Å². The lowest BCUT2D eigenvalue weighted by Crippen LogP contribution is -2.06. The largest absolute Gasteiger partial charge is 0.508 e. The minimum Gasteiger partial charge on any atom is -0.508 e. The number of hydrogen-bond acceptors (Lipinski definition) is 3. The number of benzene rings is 3. The van der Waals surface area contributed by atoms with Crippen molar-refractivity contribution < 1.29 is 14.6 Å². The average molecular weight is 345 g/mol. The standard InChI is InChI=1S/C22H19NO3/c1-14-21(22(25)26-2)19-12-17(24)10-11-20(19)23(14)13-16-8-5-7-15-6-3-4-9-18(15)16/h3-12,24H,13H2,1-2H3. The summed E-state index contributed by atoms with van der Waals surface area (Å²) >= 11 is 0. The number of phenolic OH excluding ortho intramolecular Hbond substituents is 1. The second-order valence-corrected chi connectivity index (χ2v) is 6.38. The van der Waals surface area contributed by atoms with Gasteiger partial charge in [-0.1, -0.05) is 42.5 Å². The topological polar surface area (TPSA) is 51.5 Å². The third kappa shape index (κ3) is 2.51. The van der Waals surface area contributed by atoms with E-state index < -0.39 is 5.97 Å². The van der Waals surface area contributed by atoms with Crippen LogP contribution >= 0.6 is 0 Å². The number of methoxy groups -OCH3 is 1. The second kappa shape index (κ2) is 6.23. The molecule has 26 heavy (non-hydrogen) atoms. The molecule has 0 fully saturated rings. The molecular formula is C22H19NO3. The van der Waals surface area contributed by atoms with Crippen LogP contribution in [0.25, 0.3) is 21.7 Å². The summed E-state index contributed by atoms with van der Waals surface area (Å²) in [6.07, 6.45) is 0. The fourth-order valence-corrected chi connectivity index (χ4v) is 3.63. The van der Waals surface area contributed by atoms with Crippen LogP contribution < -0.4 is 0 Å². The van der Waals surface area contributed by atoms with E-state index in [9.17, 15) is 9.90 Å². The first-order valence-corrected chi connectivity index (χ1v) is 8.47. The lowest BCUT2D eigenvalue weighted by molar-refractivity contribution is 0.0602. The zero-order valence-corrected chi connectivity index (χ0v) is 14.7. The number of phenols is 1. The van der Waals surface area contributed by atoms with E-state index in [0.29, 0.717) is 17.5 Å². The van der Waals surface area contributed by atoms with E-state index in [1.54, 1.807) is 12.1 Å². The molecule has 0 bridgehead atoms. The highest BCUT2D eigenvalue weighted by atomic mass is 16.5. The Balaban J connectivity index is 1.94. The summed E-state index contributed by atoms with van der Waals surface area (Å²) < 4.78 is 7.06. The lowest BCUT2D eigenvalue weighted by atomic mass is 10.0. The summed E-state index contributed by atoms with van der Waals surface area (Å²) in [5.74, 6) is -0.264. The molecular weight excluding hydrogens is 326 g/mol. The Bertz CT molecular complexity index is 1140.